The molecular weight excluding hydrogens is 272 g/mol. The van der Waals surface area contributed by atoms with Crippen molar-refractivity contribution in [3.05, 3.63) is 52.9 Å². The third-order valence-corrected chi connectivity index (χ3v) is 3.73. The van der Waals surface area contributed by atoms with Gasteiger partial charge in [0.1, 0.15) is 11.6 Å². The number of pyridine rings is 1. The van der Waals surface area contributed by atoms with Gasteiger partial charge in [0.05, 0.1) is 22.1 Å². The van der Waals surface area contributed by atoms with Crippen molar-refractivity contribution in [2.45, 2.75) is 19.9 Å². The summed E-state index contributed by atoms with van der Waals surface area (Å²) < 4.78 is 0. The average molecular weight is 287 g/mol. The lowest BCUT2D eigenvalue weighted by atomic mass is 10.2. The van der Waals surface area contributed by atoms with E-state index in [-0.39, 0.29) is 6.04 Å². The molecule has 0 aliphatic carbocycles. The fourth-order valence-electron chi connectivity index (χ4n) is 2.09. The molecule has 1 unspecified atom stereocenters. The Hall–Kier alpha value is -2.07. The number of nitrogens with one attached hydrogen (secondary N) is 2. The number of fused-ring (bicyclic) bond motifs is 1. The number of para-hydroxylation sites is 2. The molecular formula is C15H15ClN4. The quantitative estimate of drug-likeness (QED) is 0.762. The van der Waals surface area contributed by atoms with Crippen LogP contribution in [0.2, 0.25) is 5.02 Å². The minimum Gasteiger partial charge on any atom is -0.359 e. The number of benzene rings is 1. The van der Waals surface area contributed by atoms with E-state index in [2.05, 4.69) is 20.3 Å². The van der Waals surface area contributed by atoms with Gasteiger partial charge in [-0.3, -0.25) is 0 Å². The average Bonchev–Trinajstić information content (AvgIpc) is 2.88. The summed E-state index contributed by atoms with van der Waals surface area (Å²) in [6, 6.07) is 9.84. The largest absolute Gasteiger partial charge is 0.359 e. The molecule has 20 heavy (non-hydrogen) atoms. The number of aromatic nitrogens is 3. The number of rotatable bonds is 3. The van der Waals surface area contributed by atoms with Crippen LogP contribution in [0.15, 0.2) is 36.5 Å². The van der Waals surface area contributed by atoms with Crippen LogP contribution in [0.3, 0.4) is 0 Å². The maximum absolute atomic E-state index is 6.25. The molecule has 0 aliphatic heterocycles. The molecule has 1 aromatic carbocycles. The van der Waals surface area contributed by atoms with Crippen LogP contribution in [0, 0.1) is 6.92 Å². The molecule has 0 saturated heterocycles. The van der Waals surface area contributed by atoms with E-state index in [1.165, 1.54) is 0 Å². The number of hydrogen-bond donors (Lipinski definition) is 2. The number of halogens is 1. The molecule has 4 nitrogen and oxygen atoms in total. The van der Waals surface area contributed by atoms with Crippen LogP contribution < -0.4 is 5.32 Å². The summed E-state index contributed by atoms with van der Waals surface area (Å²) in [5.74, 6) is 1.55. The summed E-state index contributed by atoms with van der Waals surface area (Å²) in [5, 5.41) is 3.94. The van der Waals surface area contributed by atoms with Crippen molar-refractivity contribution in [1.82, 2.24) is 15.0 Å². The smallest absolute Gasteiger partial charge is 0.145 e. The minimum absolute atomic E-state index is 0.00537. The van der Waals surface area contributed by atoms with E-state index in [1.54, 1.807) is 6.20 Å². The molecule has 0 amide bonds. The first-order valence-corrected chi connectivity index (χ1v) is 6.85. The second-order valence-corrected chi connectivity index (χ2v) is 5.17. The Labute approximate surface area is 122 Å². The Kier molecular flexibility index (Phi) is 3.32. The molecule has 5 heteroatoms. The lowest BCUT2D eigenvalue weighted by molar-refractivity contribution is 0.808. The Morgan fingerprint density at radius 2 is 2.05 bits per heavy atom. The van der Waals surface area contributed by atoms with Gasteiger partial charge in [0.15, 0.2) is 0 Å². The van der Waals surface area contributed by atoms with Crippen molar-refractivity contribution in [3.63, 3.8) is 0 Å². The molecule has 0 radical (unpaired) electrons. The van der Waals surface area contributed by atoms with Gasteiger partial charge >= 0.3 is 0 Å². The Morgan fingerprint density at radius 1 is 1.25 bits per heavy atom. The van der Waals surface area contributed by atoms with E-state index >= 15 is 0 Å². The first kappa shape index (κ1) is 12.9. The molecule has 0 saturated carbocycles. The lowest BCUT2D eigenvalue weighted by Crippen LogP contribution is -2.10. The first-order valence-electron chi connectivity index (χ1n) is 6.47. The number of hydrogen-bond acceptors (Lipinski definition) is 3. The number of aromatic amines is 1. The Morgan fingerprint density at radius 3 is 2.85 bits per heavy atom. The molecule has 102 valence electrons. The van der Waals surface area contributed by atoms with Gasteiger partial charge < -0.3 is 10.3 Å². The van der Waals surface area contributed by atoms with Gasteiger partial charge in [-0.1, -0.05) is 23.7 Å². The van der Waals surface area contributed by atoms with Crippen molar-refractivity contribution >= 4 is 28.5 Å². The topological polar surface area (TPSA) is 53.6 Å². The molecule has 3 aromatic rings. The van der Waals surface area contributed by atoms with Crippen LogP contribution in [-0.4, -0.2) is 15.0 Å². The molecule has 3 rings (SSSR count). The molecule has 0 spiro atoms. The normalized spacial score (nSPS) is 12.6. The van der Waals surface area contributed by atoms with E-state index < -0.39 is 0 Å². The summed E-state index contributed by atoms with van der Waals surface area (Å²) >= 11 is 6.25. The van der Waals surface area contributed by atoms with Gasteiger partial charge in [0, 0.05) is 6.20 Å². The summed E-state index contributed by atoms with van der Waals surface area (Å²) in [6.07, 6.45) is 1.74. The SMILES string of the molecule is Cc1ccnc(NC(C)c2nc3ccccc3[nH]2)c1Cl. The summed E-state index contributed by atoms with van der Waals surface area (Å²) in [7, 11) is 0. The number of anilines is 1. The molecule has 0 fully saturated rings. The molecule has 1 atom stereocenters. The van der Waals surface area contributed by atoms with E-state index in [1.807, 2.05) is 44.2 Å². The highest BCUT2D eigenvalue weighted by Crippen LogP contribution is 2.26. The molecule has 2 N–H and O–H groups in total. The monoisotopic (exact) mass is 286 g/mol. The van der Waals surface area contributed by atoms with Crippen LogP contribution in [0.25, 0.3) is 11.0 Å². The van der Waals surface area contributed by atoms with Crippen LogP contribution in [0.4, 0.5) is 5.82 Å². The number of nitrogens with zero attached hydrogens (tertiary/aromatic N) is 2. The first-order chi connectivity index (χ1) is 9.65. The minimum atomic E-state index is -0.00537. The molecule has 0 aliphatic rings. The molecule has 2 aromatic heterocycles. The van der Waals surface area contributed by atoms with Gasteiger partial charge in [-0.2, -0.15) is 0 Å². The second-order valence-electron chi connectivity index (χ2n) is 4.80. The van der Waals surface area contributed by atoms with Crippen molar-refractivity contribution in [2.75, 3.05) is 5.32 Å². The fraction of sp³-hybridized carbons (Fsp3) is 0.200. The van der Waals surface area contributed by atoms with Gasteiger partial charge in [0.25, 0.3) is 0 Å². The summed E-state index contributed by atoms with van der Waals surface area (Å²) in [6.45, 7) is 3.99. The summed E-state index contributed by atoms with van der Waals surface area (Å²) in [4.78, 5) is 12.2. The fourth-order valence-corrected chi connectivity index (χ4v) is 2.26. The van der Waals surface area contributed by atoms with E-state index in [4.69, 9.17) is 11.6 Å². The van der Waals surface area contributed by atoms with Gasteiger partial charge in [-0.15, -0.1) is 0 Å². The maximum atomic E-state index is 6.25. The molecule has 2 heterocycles. The van der Waals surface area contributed by atoms with Crippen LogP contribution in [0.1, 0.15) is 24.4 Å². The standard InChI is InChI=1S/C15H15ClN4/c1-9-7-8-17-15(13(9)16)18-10(2)14-19-11-5-3-4-6-12(11)20-14/h3-8,10H,1-2H3,(H,17,18)(H,19,20). The highest BCUT2D eigenvalue weighted by molar-refractivity contribution is 6.33. The van der Waals surface area contributed by atoms with Gasteiger partial charge in [0.2, 0.25) is 0 Å². The lowest BCUT2D eigenvalue weighted by Gasteiger charge is -2.14. The van der Waals surface area contributed by atoms with Crippen molar-refractivity contribution in [2.24, 2.45) is 0 Å². The van der Waals surface area contributed by atoms with Crippen LogP contribution in [-0.2, 0) is 0 Å². The predicted molar refractivity (Wildman–Crippen MR) is 82.1 cm³/mol. The predicted octanol–water partition coefficient (Wildman–Crippen LogP) is 4.09. The Bertz CT molecular complexity index is 717. The van der Waals surface area contributed by atoms with Gasteiger partial charge in [-0.25, -0.2) is 9.97 Å². The zero-order chi connectivity index (χ0) is 14.1. The van der Waals surface area contributed by atoms with Crippen molar-refractivity contribution < 1.29 is 0 Å². The number of H-pyrrole nitrogens is 1. The molecule has 0 bridgehead atoms. The number of aryl methyl sites for hydroxylation is 1. The van der Waals surface area contributed by atoms with Crippen LogP contribution >= 0.6 is 11.6 Å². The van der Waals surface area contributed by atoms with Crippen LogP contribution in [0.5, 0.6) is 0 Å². The highest BCUT2D eigenvalue weighted by atomic mass is 35.5. The van der Waals surface area contributed by atoms with E-state index in [0.717, 1.165) is 22.4 Å². The number of imidazole rings is 1. The van der Waals surface area contributed by atoms with E-state index in [0.29, 0.717) is 10.8 Å². The maximum Gasteiger partial charge on any atom is 0.145 e. The van der Waals surface area contributed by atoms with Crippen molar-refractivity contribution in [1.29, 1.82) is 0 Å². The van der Waals surface area contributed by atoms with E-state index in [9.17, 15) is 0 Å². The Balaban J connectivity index is 1.89. The third-order valence-electron chi connectivity index (χ3n) is 3.25. The zero-order valence-corrected chi connectivity index (χ0v) is 12.1. The summed E-state index contributed by atoms with van der Waals surface area (Å²) in [5.41, 5.74) is 2.99. The van der Waals surface area contributed by atoms with Gasteiger partial charge in [-0.05, 0) is 37.6 Å². The third kappa shape index (κ3) is 2.34. The zero-order valence-electron chi connectivity index (χ0n) is 11.3. The second kappa shape index (κ2) is 5.13. The highest BCUT2D eigenvalue weighted by Gasteiger charge is 2.13. The van der Waals surface area contributed by atoms with Crippen molar-refractivity contribution in [3.8, 4) is 0 Å².